The molecule has 0 saturated carbocycles. The number of nitrogens with one attached hydrogen (secondary N) is 1. The van der Waals surface area contributed by atoms with Gasteiger partial charge in [0.25, 0.3) is 0 Å². The summed E-state index contributed by atoms with van der Waals surface area (Å²) in [5.41, 5.74) is 4.69. The van der Waals surface area contributed by atoms with Crippen LogP contribution in [0.15, 0.2) is 18.2 Å². The molecule has 0 atom stereocenters. The molecule has 0 unspecified atom stereocenters. The lowest BCUT2D eigenvalue weighted by Crippen LogP contribution is -2.19. The van der Waals surface area contributed by atoms with Crippen LogP contribution in [-0.2, 0) is 6.18 Å². The van der Waals surface area contributed by atoms with Crippen LogP contribution in [0.2, 0.25) is 0 Å². The molecule has 1 aromatic carbocycles. The lowest BCUT2D eigenvalue weighted by atomic mass is 10.2. The van der Waals surface area contributed by atoms with Crippen LogP contribution >= 0.6 is 34.8 Å². The van der Waals surface area contributed by atoms with E-state index in [9.17, 15) is 13.2 Å². The number of halogens is 4. The molecule has 15 heavy (non-hydrogen) atoms. The highest BCUT2D eigenvalue weighted by Gasteiger charge is 2.33. The first-order valence-corrected chi connectivity index (χ1v) is 5.22. The van der Waals surface area contributed by atoms with Crippen molar-refractivity contribution in [2.45, 2.75) is 6.18 Å². The van der Waals surface area contributed by atoms with Gasteiger partial charge in [-0.25, -0.2) is 0 Å². The molecule has 0 aliphatic carbocycles. The first-order valence-electron chi connectivity index (χ1n) is 3.74. The van der Waals surface area contributed by atoms with Gasteiger partial charge in [0.1, 0.15) is 0 Å². The first kappa shape index (κ1) is 12.5. The number of alkyl halides is 3. The van der Waals surface area contributed by atoms with Crippen molar-refractivity contribution in [3.05, 3.63) is 27.3 Å². The van der Waals surface area contributed by atoms with E-state index in [4.69, 9.17) is 5.73 Å². The number of hydrogen-bond acceptors (Lipinski definition) is 1. The lowest BCUT2D eigenvalue weighted by Gasteiger charge is -2.11. The Morgan fingerprint density at radius 2 is 2.00 bits per heavy atom. The van der Waals surface area contributed by atoms with Gasteiger partial charge in [0.2, 0.25) is 0 Å². The van der Waals surface area contributed by atoms with Crippen LogP contribution < -0.4 is 11.1 Å². The van der Waals surface area contributed by atoms with Crippen molar-refractivity contribution >= 4 is 45.6 Å². The van der Waals surface area contributed by atoms with Crippen LogP contribution in [0.4, 0.5) is 18.9 Å². The molecule has 1 rings (SSSR count). The Labute approximate surface area is 103 Å². The molecule has 82 valence electrons. The summed E-state index contributed by atoms with van der Waals surface area (Å²) in [7, 11) is 0. The second-order valence-corrected chi connectivity index (χ2v) is 4.28. The molecule has 0 aliphatic heterocycles. The molecule has 2 nitrogen and oxygen atoms in total. The van der Waals surface area contributed by atoms with Gasteiger partial charge in [-0.05, 0) is 53.0 Å². The number of nitrogens with two attached hydrogens (primary N) is 1. The van der Waals surface area contributed by atoms with Crippen LogP contribution in [0.3, 0.4) is 0 Å². The van der Waals surface area contributed by atoms with Crippen molar-refractivity contribution < 1.29 is 13.2 Å². The SMILES string of the molecule is NC(=S)Nc1ccc(I)c(C(F)(F)F)c1. The summed E-state index contributed by atoms with van der Waals surface area (Å²) in [5, 5.41) is 2.38. The Hall–Kier alpha value is -0.570. The number of hydrogen-bond donors (Lipinski definition) is 2. The third-order valence-electron chi connectivity index (χ3n) is 1.54. The van der Waals surface area contributed by atoms with Crippen LogP contribution in [-0.4, -0.2) is 5.11 Å². The highest BCUT2D eigenvalue weighted by molar-refractivity contribution is 14.1. The van der Waals surface area contributed by atoms with Crippen molar-refractivity contribution in [2.24, 2.45) is 5.73 Å². The molecule has 0 aliphatic rings. The van der Waals surface area contributed by atoms with Gasteiger partial charge in [-0.2, -0.15) is 13.2 Å². The summed E-state index contributed by atoms with van der Waals surface area (Å²) in [5.74, 6) is 0. The van der Waals surface area contributed by atoms with E-state index in [2.05, 4.69) is 17.5 Å². The zero-order valence-electron chi connectivity index (χ0n) is 7.23. The lowest BCUT2D eigenvalue weighted by molar-refractivity contribution is -0.138. The summed E-state index contributed by atoms with van der Waals surface area (Å²) in [6.45, 7) is 0. The van der Waals surface area contributed by atoms with Crippen molar-refractivity contribution in [1.29, 1.82) is 0 Å². The van der Waals surface area contributed by atoms with E-state index in [1.807, 2.05) is 0 Å². The molecule has 0 fully saturated rings. The fourth-order valence-corrected chi connectivity index (χ4v) is 1.72. The van der Waals surface area contributed by atoms with Crippen molar-refractivity contribution in [1.82, 2.24) is 0 Å². The van der Waals surface area contributed by atoms with Gasteiger partial charge in [-0.3, -0.25) is 0 Å². The van der Waals surface area contributed by atoms with Gasteiger partial charge in [0, 0.05) is 9.26 Å². The summed E-state index contributed by atoms with van der Waals surface area (Å²) >= 11 is 6.15. The van der Waals surface area contributed by atoms with Crippen molar-refractivity contribution in [2.75, 3.05) is 5.32 Å². The summed E-state index contributed by atoms with van der Waals surface area (Å²) in [6, 6.07) is 3.81. The number of thiocarbonyl (C=S) groups is 1. The molecule has 0 spiro atoms. The molecule has 0 heterocycles. The van der Waals surface area contributed by atoms with Crippen molar-refractivity contribution in [3.63, 3.8) is 0 Å². The summed E-state index contributed by atoms with van der Waals surface area (Å²) in [6.07, 6.45) is -4.37. The highest BCUT2D eigenvalue weighted by atomic mass is 127. The molecule has 0 aromatic heterocycles. The molecular formula is C8H6F3IN2S. The van der Waals surface area contributed by atoms with E-state index in [1.165, 1.54) is 12.1 Å². The van der Waals surface area contributed by atoms with E-state index >= 15 is 0 Å². The third kappa shape index (κ3) is 3.49. The minimum Gasteiger partial charge on any atom is -0.376 e. The van der Waals surface area contributed by atoms with Gasteiger partial charge < -0.3 is 11.1 Å². The molecule has 0 radical (unpaired) electrons. The standard InChI is InChI=1S/C8H6F3IN2S/c9-8(10,11)5-3-4(14-7(13)15)1-2-6(5)12/h1-3H,(H3,13,14,15). The van der Waals surface area contributed by atoms with Gasteiger partial charge in [-0.15, -0.1) is 0 Å². The Bertz CT molecular complexity index is 392. The van der Waals surface area contributed by atoms with Crippen LogP contribution in [0.25, 0.3) is 0 Å². The molecular weight excluding hydrogens is 340 g/mol. The number of benzene rings is 1. The first-order chi connectivity index (χ1) is 6.80. The maximum Gasteiger partial charge on any atom is 0.417 e. The Morgan fingerprint density at radius 3 is 2.47 bits per heavy atom. The van der Waals surface area contributed by atoms with Crippen molar-refractivity contribution in [3.8, 4) is 0 Å². The number of rotatable bonds is 1. The topological polar surface area (TPSA) is 38.0 Å². The van der Waals surface area contributed by atoms with E-state index < -0.39 is 11.7 Å². The van der Waals surface area contributed by atoms with Crippen LogP contribution in [0.5, 0.6) is 0 Å². The van der Waals surface area contributed by atoms with E-state index in [0.29, 0.717) is 0 Å². The normalized spacial score (nSPS) is 11.2. The molecule has 0 amide bonds. The van der Waals surface area contributed by atoms with Gasteiger partial charge >= 0.3 is 6.18 Å². The Balaban J connectivity index is 3.11. The van der Waals surface area contributed by atoms with Gasteiger partial charge in [0.15, 0.2) is 5.11 Å². The van der Waals surface area contributed by atoms with E-state index in [0.717, 1.165) is 6.07 Å². The molecule has 0 bridgehead atoms. The average molecular weight is 346 g/mol. The van der Waals surface area contributed by atoms with E-state index in [-0.39, 0.29) is 14.4 Å². The fraction of sp³-hybridized carbons (Fsp3) is 0.125. The maximum absolute atomic E-state index is 12.5. The Morgan fingerprint density at radius 1 is 1.40 bits per heavy atom. The quantitative estimate of drug-likeness (QED) is 0.607. The molecule has 3 N–H and O–H groups in total. The predicted octanol–water partition coefficient (Wildman–Crippen LogP) is 2.97. The highest BCUT2D eigenvalue weighted by Crippen LogP contribution is 2.34. The molecule has 0 saturated heterocycles. The van der Waals surface area contributed by atoms with Gasteiger partial charge in [0.05, 0.1) is 5.56 Å². The zero-order valence-corrected chi connectivity index (χ0v) is 10.2. The summed E-state index contributed by atoms with van der Waals surface area (Å²) in [4.78, 5) is 0. The fourth-order valence-electron chi connectivity index (χ4n) is 0.963. The number of anilines is 1. The predicted molar refractivity (Wildman–Crippen MR) is 64.6 cm³/mol. The summed E-state index contributed by atoms with van der Waals surface area (Å²) < 4.78 is 37.5. The monoisotopic (exact) mass is 346 g/mol. The van der Waals surface area contributed by atoms with E-state index in [1.54, 1.807) is 22.6 Å². The largest absolute Gasteiger partial charge is 0.417 e. The third-order valence-corrected chi connectivity index (χ3v) is 2.58. The minimum absolute atomic E-state index is 0.0654. The molecule has 1 aromatic rings. The van der Waals surface area contributed by atoms with Crippen LogP contribution in [0, 0.1) is 3.57 Å². The Kier molecular flexibility index (Phi) is 3.77. The second-order valence-electron chi connectivity index (χ2n) is 2.68. The zero-order chi connectivity index (χ0) is 11.6. The average Bonchev–Trinajstić information content (AvgIpc) is 2.05. The second kappa shape index (κ2) is 4.52. The van der Waals surface area contributed by atoms with Gasteiger partial charge in [-0.1, -0.05) is 0 Å². The molecule has 7 heteroatoms. The van der Waals surface area contributed by atoms with Crippen LogP contribution in [0.1, 0.15) is 5.56 Å². The maximum atomic E-state index is 12.5. The smallest absolute Gasteiger partial charge is 0.376 e. The minimum atomic E-state index is -4.37.